The van der Waals surface area contributed by atoms with Gasteiger partial charge in [0.15, 0.2) is 0 Å². The van der Waals surface area contributed by atoms with Crippen molar-refractivity contribution >= 4 is 12.4 Å². The molecule has 1 aliphatic carbocycles. The second kappa shape index (κ2) is 3.87. The van der Waals surface area contributed by atoms with Crippen LogP contribution in [0.1, 0.15) is 24.6 Å². The third kappa shape index (κ3) is 1.96. The van der Waals surface area contributed by atoms with Crippen LogP contribution in [0.15, 0.2) is 24.4 Å². The molecule has 0 bridgehead atoms. The molecular formula is C9H13ClN2. The second-order valence-corrected chi connectivity index (χ2v) is 3.12. The number of pyridine rings is 1. The summed E-state index contributed by atoms with van der Waals surface area (Å²) in [5.41, 5.74) is 6.97. The first-order chi connectivity index (χ1) is 5.38. The highest BCUT2D eigenvalue weighted by molar-refractivity contribution is 5.85. The molecule has 66 valence electrons. The summed E-state index contributed by atoms with van der Waals surface area (Å²) < 4.78 is 0. The van der Waals surface area contributed by atoms with Crippen molar-refractivity contribution in [1.82, 2.24) is 4.98 Å². The molecule has 0 saturated heterocycles. The van der Waals surface area contributed by atoms with Gasteiger partial charge >= 0.3 is 0 Å². The van der Waals surface area contributed by atoms with Crippen LogP contribution in [0, 0.1) is 5.92 Å². The quantitative estimate of drug-likeness (QED) is 0.763. The maximum absolute atomic E-state index is 5.94. The highest BCUT2D eigenvalue weighted by Crippen LogP contribution is 2.38. The predicted molar refractivity (Wildman–Crippen MR) is 51.1 cm³/mol. The molecule has 1 fully saturated rings. The van der Waals surface area contributed by atoms with Crippen molar-refractivity contribution < 1.29 is 0 Å². The van der Waals surface area contributed by atoms with Gasteiger partial charge in [0.2, 0.25) is 0 Å². The van der Waals surface area contributed by atoms with Crippen molar-refractivity contribution in [3.63, 3.8) is 0 Å². The van der Waals surface area contributed by atoms with Gasteiger partial charge in [0.25, 0.3) is 0 Å². The number of hydrogen-bond acceptors (Lipinski definition) is 2. The van der Waals surface area contributed by atoms with Gasteiger partial charge in [0.1, 0.15) is 0 Å². The zero-order chi connectivity index (χ0) is 7.68. The van der Waals surface area contributed by atoms with Gasteiger partial charge in [-0.3, -0.25) is 4.98 Å². The summed E-state index contributed by atoms with van der Waals surface area (Å²) in [4.78, 5) is 4.21. The van der Waals surface area contributed by atoms with Crippen LogP contribution in [0.5, 0.6) is 0 Å². The van der Waals surface area contributed by atoms with E-state index in [1.165, 1.54) is 12.8 Å². The van der Waals surface area contributed by atoms with E-state index in [0.717, 1.165) is 5.69 Å². The Bertz CT molecular complexity index is 234. The summed E-state index contributed by atoms with van der Waals surface area (Å²) in [6, 6.07) is 6.09. The molecule has 1 heterocycles. The van der Waals surface area contributed by atoms with Gasteiger partial charge in [0, 0.05) is 12.2 Å². The van der Waals surface area contributed by atoms with Crippen LogP contribution >= 0.6 is 12.4 Å². The molecule has 1 atom stereocenters. The lowest BCUT2D eigenvalue weighted by Gasteiger charge is -2.07. The van der Waals surface area contributed by atoms with Gasteiger partial charge in [0.05, 0.1) is 5.69 Å². The van der Waals surface area contributed by atoms with Crippen molar-refractivity contribution in [2.24, 2.45) is 11.7 Å². The molecule has 2 nitrogen and oxygen atoms in total. The first kappa shape index (κ1) is 9.49. The summed E-state index contributed by atoms with van der Waals surface area (Å²) in [6.07, 6.45) is 4.35. The van der Waals surface area contributed by atoms with Gasteiger partial charge in [-0.15, -0.1) is 12.4 Å². The summed E-state index contributed by atoms with van der Waals surface area (Å²) in [5.74, 6) is 0.699. The molecule has 1 aromatic heterocycles. The zero-order valence-electron chi connectivity index (χ0n) is 6.81. The smallest absolute Gasteiger partial charge is 0.0573 e. The third-order valence-electron chi connectivity index (χ3n) is 2.16. The van der Waals surface area contributed by atoms with Crippen LogP contribution in [0.3, 0.4) is 0 Å². The Balaban J connectivity index is 0.000000720. The van der Waals surface area contributed by atoms with Gasteiger partial charge in [-0.05, 0) is 30.9 Å². The molecule has 0 unspecified atom stereocenters. The van der Waals surface area contributed by atoms with Crippen LogP contribution in [0.25, 0.3) is 0 Å². The van der Waals surface area contributed by atoms with Crippen molar-refractivity contribution in [3.05, 3.63) is 30.1 Å². The fourth-order valence-corrected chi connectivity index (χ4v) is 1.27. The minimum Gasteiger partial charge on any atom is -0.322 e. The maximum Gasteiger partial charge on any atom is 0.0573 e. The van der Waals surface area contributed by atoms with E-state index >= 15 is 0 Å². The Labute approximate surface area is 78.6 Å². The molecule has 2 rings (SSSR count). The van der Waals surface area contributed by atoms with Crippen LogP contribution in [0.2, 0.25) is 0 Å². The highest BCUT2D eigenvalue weighted by atomic mass is 35.5. The van der Waals surface area contributed by atoms with Gasteiger partial charge < -0.3 is 5.73 Å². The SMILES string of the molecule is Cl.N[C@H](c1ccccn1)C1CC1. The van der Waals surface area contributed by atoms with Crippen molar-refractivity contribution in [1.29, 1.82) is 0 Å². The Morgan fingerprint density at radius 3 is 2.67 bits per heavy atom. The average Bonchev–Trinajstić information content (AvgIpc) is 2.87. The maximum atomic E-state index is 5.94. The molecule has 0 aliphatic heterocycles. The van der Waals surface area contributed by atoms with Crippen molar-refractivity contribution in [2.75, 3.05) is 0 Å². The van der Waals surface area contributed by atoms with E-state index in [4.69, 9.17) is 5.73 Å². The van der Waals surface area contributed by atoms with E-state index in [9.17, 15) is 0 Å². The van der Waals surface area contributed by atoms with Crippen molar-refractivity contribution in [3.8, 4) is 0 Å². The first-order valence-electron chi connectivity index (χ1n) is 4.04. The molecule has 3 heteroatoms. The Morgan fingerprint density at radius 1 is 1.42 bits per heavy atom. The number of nitrogens with zero attached hydrogens (tertiary/aromatic N) is 1. The number of halogens is 1. The van der Waals surface area contributed by atoms with E-state index < -0.39 is 0 Å². The van der Waals surface area contributed by atoms with E-state index in [2.05, 4.69) is 4.98 Å². The summed E-state index contributed by atoms with van der Waals surface area (Å²) in [6.45, 7) is 0. The Hall–Kier alpha value is -0.600. The topological polar surface area (TPSA) is 38.9 Å². The number of hydrogen-bond donors (Lipinski definition) is 1. The standard InChI is InChI=1S/C9H12N2.ClH/c10-9(7-4-5-7)8-3-1-2-6-11-8;/h1-3,6-7,9H,4-5,10H2;1H/t9-;/m0./s1. The fraction of sp³-hybridized carbons (Fsp3) is 0.444. The van der Waals surface area contributed by atoms with Crippen LogP contribution in [0.4, 0.5) is 0 Å². The van der Waals surface area contributed by atoms with E-state index in [-0.39, 0.29) is 18.4 Å². The predicted octanol–water partition coefficient (Wildman–Crippen LogP) is 1.91. The minimum atomic E-state index is 0. The molecule has 1 aliphatic rings. The number of nitrogens with two attached hydrogens (primary N) is 1. The van der Waals surface area contributed by atoms with E-state index in [1.807, 2.05) is 18.2 Å². The second-order valence-electron chi connectivity index (χ2n) is 3.12. The summed E-state index contributed by atoms with van der Waals surface area (Å²) in [5, 5.41) is 0. The van der Waals surface area contributed by atoms with Gasteiger partial charge in [-0.2, -0.15) is 0 Å². The lowest BCUT2D eigenvalue weighted by molar-refractivity contribution is 0.615. The van der Waals surface area contributed by atoms with Crippen LogP contribution < -0.4 is 5.73 Å². The monoisotopic (exact) mass is 184 g/mol. The molecule has 0 radical (unpaired) electrons. The summed E-state index contributed by atoms with van der Waals surface area (Å²) in [7, 11) is 0. The van der Waals surface area contributed by atoms with Gasteiger partial charge in [-0.25, -0.2) is 0 Å². The van der Waals surface area contributed by atoms with E-state index in [1.54, 1.807) is 6.20 Å². The molecule has 0 spiro atoms. The van der Waals surface area contributed by atoms with Crippen molar-refractivity contribution in [2.45, 2.75) is 18.9 Å². The number of rotatable bonds is 2. The third-order valence-corrected chi connectivity index (χ3v) is 2.16. The van der Waals surface area contributed by atoms with Crippen LogP contribution in [-0.4, -0.2) is 4.98 Å². The molecule has 1 saturated carbocycles. The Kier molecular flexibility index (Phi) is 3.06. The largest absolute Gasteiger partial charge is 0.322 e. The molecule has 2 N–H and O–H groups in total. The molecular weight excluding hydrogens is 172 g/mol. The van der Waals surface area contributed by atoms with Crippen LogP contribution in [-0.2, 0) is 0 Å². The lowest BCUT2D eigenvalue weighted by atomic mass is 10.1. The molecule has 0 amide bonds. The lowest BCUT2D eigenvalue weighted by Crippen LogP contribution is -2.13. The van der Waals surface area contributed by atoms with E-state index in [0.29, 0.717) is 5.92 Å². The molecule has 12 heavy (non-hydrogen) atoms. The molecule has 0 aromatic carbocycles. The highest BCUT2D eigenvalue weighted by Gasteiger charge is 2.29. The zero-order valence-corrected chi connectivity index (χ0v) is 7.63. The average molecular weight is 185 g/mol. The normalized spacial score (nSPS) is 18.1. The first-order valence-corrected chi connectivity index (χ1v) is 4.04. The molecule has 1 aromatic rings. The summed E-state index contributed by atoms with van der Waals surface area (Å²) >= 11 is 0. The Morgan fingerprint density at radius 2 is 2.17 bits per heavy atom. The number of aromatic nitrogens is 1. The fourth-order valence-electron chi connectivity index (χ4n) is 1.27. The van der Waals surface area contributed by atoms with Gasteiger partial charge in [-0.1, -0.05) is 6.07 Å². The minimum absolute atomic E-state index is 0.